The van der Waals surface area contributed by atoms with Crippen LogP contribution >= 0.6 is 0 Å². The van der Waals surface area contributed by atoms with E-state index in [1.165, 1.54) is 0 Å². The molecule has 1 saturated heterocycles. The Labute approximate surface area is 96.1 Å². The van der Waals surface area contributed by atoms with Crippen molar-refractivity contribution in [1.82, 2.24) is 10.2 Å². The Morgan fingerprint density at radius 3 is 2.81 bits per heavy atom. The lowest BCUT2D eigenvalue weighted by molar-refractivity contribution is -0.148. The average molecular weight is 228 g/mol. The van der Waals surface area contributed by atoms with Crippen LogP contribution in [0, 0.1) is 0 Å². The molecule has 92 valence electrons. The van der Waals surface area contributed by atoms with Crippen LogP contribution in [0.1, 0.15) is 26.7 Å². The molecule has 16 heavy (non-hydrogen) atoms. The Morgan fingerprint density at radius 2 is 2.19 bits per heavy atom. The molecule has 0 aromatic heterocycles. The van der Waals surface area contributed by atoms with Crippen molar-refractivity contribution >= 4 is 11.9 Å². The zero-order valence-corrected chi connectivity index (χ0v) is 9.99. The van der Waals surface area contributed by atoms with Gasteiger partial charge >= 0.3 is 5.97 Å². The molecular formula is C11H20N2O3. The predicted octanol–water partition coefficient (Wildman–Crippen LogP) is 0.150. The zero-order valence-electron chi connectivity index (χ0n) is 9.99. The highest BCUT2D eigenvalue weighted by atomic mass is 16.5. The Kier molecular flexibility index (Phi) is 5.25. The molecule has 0 radical (unpaired) electrons. The van der Waals surface area contributed by atoms with Gasteiger partial charge in [0.15, 0.2) is 0 Å². The van der Waals surface area contributed by atoms with Gasteiger partial charge in [-0.25, -0.2) is 0 Å². The standard InChI is InChI=1S/C11H20N2O3/c1-3-12-9-5-6-13(8-9)10(14)7-11(15)16-4-2/h9,12H,3-8H2,1-2H3. The van der Waals surface area contributed by atoms with Gasteiger partial charge in [-0.15, -0.1) is 0 Å². The molecule has 5 heteroatoms. The van der Waals surface area contributed by atoms with Gasteiger partial charge in [-0.3, -0.25) is 9.59 Å². The largest absolute Gasteiger partial charge is 0.466 e. The number of hydrogen-bond acceptors (Lipinski definition) is 4. The fourth-order valence-corrected chi connectivity index (χ4v) is 1.89. The van der Waals surface area contributed by atoms with Gasteiger partial charge in [0, 0.05) is 19.1 Å². The van der Waals surface area contributed by atoms with Crippen molar-refractivity contribution in [3.8, 4) is 0 Å². The molecule has 1 N–H and O–H groups in total. The minimum absolute atomic E-state index is 0.126. The lowest BCUT2D eigenvalue weighted by atomic mass is 10.3. The third kappa shape index (κ3) is 3.81. The number of nitrogens with one attached hydrogen (secondary N) is 1. The summed E-state index contributed by atoms with van der Waals surface area (Å²) < 4.78 is 4.74. The molecule has 0 aromatic rings. The number of rotatable bonds is 5. The maximum atomic E-state index is 11.7. The second-order valence-corrected chi connectivity index (χ2v) is 3.86. The third-order valence-corrected chi connectivity index (χ3v) is 2.63. The summed E-state index contributed by atoms with van der Waals surface area (Å²) >= 11 is 0. The number of likely N-dealkylation sites (tertiary alicyclic amines) is 1. The van der Waals surface area contributed by atoms with Crippen molar-refractivity contribution in [2.45, 2.75) is 32.7 Å². The molecule has 0 aromatic carbocycles. The Morgan fingerprint density at radius 1 is 1.44 bits per heavy atom. The quantitative estimate of drug-likeness (QED) is 0.537. The summed E-state index contributed by atoms with van der Waals surface area (Å²) in [6.07, 6.45) is 0.828. The fraction of sp³-hybridized carbons (Fsp3) is 0.818. The molecule has 1 aliphatic heterocycles. The number of nitrogens with zero attached hydrogens (tertiary/aromatic N) is 1. The third-order valence-electron chi connectivity index (χ3n) is 2.63. The monoisotopic (exact) mass is 228 g/mol. The summed E-state index contributed by atoms with van der Waals surface area (Å²) in [5.41, 5.74) is 0. The first kappa shape index (κ1) is 13.0. The van der Waals surface area contributed by atoms with Gasteiger partial charge < -0.3 is 15.0 Å². The van der Waals surface area contributed by atoms with Crippen LogP contribution in [0.25, 0.3) is 0 Å². The van der Waals surface area contributed by atoms with Crippen molar-refractivity contribution in [3.63, 3.8) is 0 Å². The molecule has 1 heterocycles. The van der Waals surface area contributed by atoms with Gasteiger partial charge in [0.2, 0.25) is 5.91 Å². The highest BCUT2D eigenvalue weighted by Gasteiger charge is 2.26. The number of likely N-dealkylation sites (N-methyl/N-ethyl adjacent to an activating group) is 1. The highest BCUT2D eigenvalue weighted by Crippen LogP contribution is 2.10. The normalized spacial score (nSPS) is 19.9. The number of carbonyl (C=O) groups is 2. The molecule has 0 spiro atoms. The van der Waals surface area contributed by atoms with Gasteiger partial charge in [-0.2, -0.15) is 0 Å². The zero-order chi connectivity index (χ0) is 12.0. The van der Waals surface area contributed by atoms with E-state index in [2.05, 4.69) is 5.32 Å². The van der Waals surface area contributed by atoms with E-state index in [0.717, 1.165) is 19.5 Å². The van der Waals surface area contributed by atoms with Gasteiger partial charge in [-0.05, 0) is 19.9 Å². The van der Waals surface area contributed by atoms with Crippen LogP contribution < -0.4 is 5.32 Å². The highest BCUT2D eigenvalue weighted by molar-refractivity contribution is 5.94. The van der Waals surface area contributed by atoms with Crippen molar-refractivity contribution in [2.24, 2.45) is 0 Å². The number of hydrogen-bond donors (Lipinski definition) is 1. The van der Waals surface area contributed by atoms with E-state index in [4.69, 9.17) is 4.74 Å². The van der Waals surface area contributed by atoms with Crippen LogP contribution in [0.2, 0.25) is 0 Å². The van der Waals surface area contributed by atoms with Crippen molar-refractivity contribution in [1.29, 1.82) is 0 Å². The van der Waals surface area contributed by atoms with Gasteiger partial charge in [0.25, 0.3) is 0 Å². The second-order valence-electron chi connectivity index (χ2n) is 3.86. The first-order valence-corrected chi connectivity index (χ1v) is 5.84. The van der Waals surface area contributed by atoms with E-state index in [-0.39, 0.29) is 12.3 Å². The van der Waals surface area contributed by atoms with Crippen LogP contribution in [0.3, 0.4) is 0 Å². The topological polar surface area (TPSA) is 58.6 Å². The Hall–Kier alpha value is -1.10. The summed E-state index contributed by atoms with van der Waals surface area (Å²) in [5.74, 6) is -0.557. The smallest absolute Gasteiger partial charge is 0.315 e. The number of carbonyl (C=O) groups excluding carboxylic acids is 2. The van der Waals surface area contributed by atoms with E-state index in [0.29, 0.717) is 19.2 Å². The minimum Gasteiger partial charge on any atom is -0.466 e. The molecule has 0 bridgehead atoms. The summed E-state index contributed by atoms with van der Waals surface area (Å²) in [4.78, 5) is 24.5. The number of ether oxygens (including phenoxy) is 1. The molecule has 1 fully saturated rings. The second kappa shape index (κ2) is 6.48. The molecule has 1 rings (SSSR count). The van der Waals surface area contributed by atoms with E-state index >= 15 is 0 Å². The van der Waals surface area contributed by atoms with E-state index in [1.54, 1.807) is 11.8 Å². The molecule has 5 nitrogen and oxygen atoms in total. The average Bonchev–Trinajstić information content (AvgIpc) is 2.67. The van der Waals surface area contributed by atoms with Crippen molar-refractivity contribution < 1.29 is 14.3 Å². The van der Waals surface area contributed by atoms with Crippen LogP contribution in [-0.2, 0) is 14.3 Å². The number of amides is 1. The fourth-order valence-electron chi connectivity index (χ4n) is 1.89. The first-order valence-electron chi connectivity index (χ1n) is 5.84. The minimum atomic E-state index is -0.431. The van der Waals surface area contributed by atoms with E-state index < -0.39 is 5.97 Å². The Balaban J connectivity index is 2.30. The maximum Gasteiger partial charge on any atom is 0.315 e. The summed E-state index contributed by atoms with van der Waals surface area (Å²) in [6, 6.07) is 0.371. The maximum absolute atomic E-state index is 11.7. The van der Waals surface area contributed by atoms with E-state index in [1.807, 2.05) is 6.92 Å². The molecule has 1 unspecified atom stereocenters. The lowest BCUT2D eigenvalue weighted by Gasteiger charge is -2.16. The summed E-state index contributed by atoms with van der Waals surface area (Å²) in [5, 5.41) is 3.30. The number of esters is 1. The summed E-state index contributed by atoms with van der Waals surface area (Å²) in [6.45, 7) is 6.45. The van der Waals surface area contributed by atoms with Gasteiger partial charge in [0.1, 0.15) is 6.42 Å². The molecule has 1 atom stereocenters. The molecule has 1 amide bonds. The van der Waals surface area contributed by atoms with Crippen molar-refractivity contribution in [2.75, 3.05) is 26.2 Å². The summed E-state index contributed by atoms with van der Waals surface area (Å²) in [7, 11) is 0. The van der Waals surface area contributed by atoms with Crippen LogP contribution in [0.5, 0.6) is 0 Å². The predicted molar refractivity (Wildman–Crippen MR) is 59.9 cm³/mol. The molecule has 0 aliphatic carbocycles. The van der Waals surface area contributed by atoms with E-state index in [9.17, 15) is 9.59 Å². The lowest BCUT2D eigenvalue weighted by Crippen LogP contribution is -2.35. The van der Waals surface area contributed by atoms with Crippen LogP contribution in [0.4, 0.5) is 0 Å². The SMILES string of the molecule is CCNC1CCN(C(=O)CC(=O)OCC)C1. The molecule has 1 aliphatic rings. The van der Waals surface area contributed by atoms with Gasteiger partial charge in [-0.1, -0.05) is 6.92 Å². The first-order chi connectivity index (χ1) is 7.67. The van der Waals surface area contributed by atoms with Crippen LogP contribution in [-0.4, -0.2) is 49.1 Å². The Bertz CT molecular complexity index is 256. The van der Waals surface area contributed by atoms with Crippen LogP contribution in [0.15, 0.2) is 0 Å². The van der Waals surface area contributed by atoms with Crippen molar-refractivity contribution in [3.05, 3.63) is 0 Å². The molecule has 0 saturated carbocycles. The molecular weight excluding hydrogens is 208 g/mol. The van der Waals surface area contributed by atoms with Gasteiger partial charge in [0.05, 0.1) is 6.61 Å².